The van der Waals surface area contributed by atoms with E-state index >= 15 is 0 Å². The summed E-state index contributed by atoms with van der Waals surface area (Å²) < 4.78 is 32.7. The van der Waals surface area contributed by atoms with E-state index in [1.807, 2.05) is 110 Å². The van der Waals surface area contributed by atoms with Gasteiger partial charge < -0.3 is 74.3 Å². The summed E-state index contributed by atoms with van der Waals surface area (Å²) in [4.78, 5) is 140. The molecule has 8 amide bonds. The highest BCUT2D eigenvalue weighted by Gasteiger charge is 2.66. The van der Waals surface area contributed by atoms with Crippen molar-refractivity contribution in [1.82, 2.24) is 30.8 Å². The van der Waals surface area contributed by atoms with Gasteiger partial charge in [0, 0.05) is 144 Å². The number of aromatic nitrogens is 2. The van der Waals surface area contributed by atoms with Gasteiger partial charge in [-0.25, -0.2) is 9.55 Å². The van der Waals surface area contributed by atoms with Gasteiger partial charge in [-0.1, -0.05) is 57.2 Å². The number of imidazole rings is 1. The molecule has 1 unspecified atom stereocenters. The lowest BCUT2D eigenvalue weighted by Crippen LogP contribution is -2.56. The molecule has 8 rings (SSSR count). The van der Waals surface area contributed by atoms with Crippen molar-refractivity contribution in [3.05, 3.63) is 63.9 Å². The van der Waals surface area contributed by atoms with Crippen LogP contribution in [0, 0.1) is 59.2 Å². The van der Waals surface area contributed by atoms with E-state index in [9.17, 15) is 58.0 Å². The van der Waals surface area contributed by atoms with Crippen LogP contribution in [0.3, 0.4) is 0 Å². The molecule has 1 aromatic carbocycles. The van der Waals surface area contributed by atoms with E-state index in [-0.39, 0.29) is 89.0 Å². The molecule has 2 aromatic rings. The molecule has 0 spiro atoms. The predicted octanol–water partition coefficient (Wildman–Crippen LogP) is 4.13. The molecule has 7 heterocycles. The standard InChI is InChI=1S/C68H100IN14O15P/c1-34-24-44-45(25-35(34)2)83(33-78-44)63-58(93)59(46(32-84)96-63)98-99(94,95)97-36(3)31-77-54(91)20-21-65(8)42(26-50(72)87)62-68(11)67(10,29-52(74)89)41(16-19-53(90)75-22-12-13-23-76-55(92)30-69)57(82-68)38(5)61-66(9,28-51(73)88)39(14-17-48(70)85)43(79-61)27-47-64(6,7)40(15-18-49(71)86)56(80-47)37(4)60(65)81-62/h24-25,27,33,36,39-42,46,58-59,62-63,79,84,93H,12-23,26,28-32H2,1-11H3,(H2,70,85)(H2,71,86)(H2,72,87)(H2,73,88)(H2,74,89)(H,75,90)(H,76,92)(H,77,91)(H,94,95)/b43-27-,56-37-,61-38-/t36-,39-,40-,41-,42+,46+,58-,59-,62-,63+,65-,66+,67+,68-/m1/s1. The van der Waals surface area contributed by atoms with E-state index in [1.165, 1.54) is 13.3 Å². The normalized spacial score (nSPS) is 32.1. The van der Waals surface area contributed by atoms with Gasteiger partial charge in [-0.3, -0.25) is 62.4 Å². The topological polar surface area (TPSA) is 475 Å². The number of aliphatic hydroxyl groups is 2. The summed E-state index contributed by atoms with van der Waals surface area (Å²) in [5, 5.41) is 34.2. The second-order valence-corrected chi connectivity index (χ2v) is 31.3. The van der Waals surface area contributed by atoms with Gasteiger partial charge in [0.25, 0.3) is 0 Å². The van der Waals surface area contributed by atoms with Gasteiger partial charge in [0.05, 0.1) is 46.1 Å². The number of alkyl halides is 1. The first-order valence-corrected chi connectivity index (χ1v) is 36.8. The molecule has 17 N–H and O–H groups in total. The molecule has 29 nitrogen and oxygen atoms in total. The van der Waals surface area contributed by atoms with Crippen LogP contribution in [-0.2, 0) is 56.7 Å². The third-order valence-electron chi connectivity index (χ3n) is 21.9. The molecule has 6 aliphatic heterocycles. The van der Waals surface area contributed by atoms with Crippen molar-refractivity contribution in [1.29, 1.82) is 0 Å². The SMILES string of the molecule is C/C1=C2N=C(/C=C3\N/C(=C(/C)C4=N[C@](C)([C@@H]5N=C1[C@](C)(CCC(=O)NC[C@@H](C)OP(=O)(O)O[C@H]1[C@@H](O)[C@@H](n6cnc7cc(C)c(C)cc76)O[C@H]1CO)[C@H]5CC(N)=O)[C@@](C)(CC(N)=O)[C@@H]4CCC(=O)NCCCCNC(=O)CI)[C@@](C)(CC(N)=O)[C@@H]3CCC(N)=O)C(C)(C)[C@@H]/2CCC(N)=O. The van der Waals surface area contributed by atoms with Crippen molar-refractivity contribution >= 4 is 106 Å². The third kappa shape index (κ3) is 16.3. The highest BCUT2D eigenvalue weighted by Crippen LogP contribution is 2.63. The highest BCUT2D eigenvalue weighted by atomic mass is 127. The lowest BCUT2D eigenvalue weighted by Gasteiger charge is -2.48. The maximum absolute atomic E-state index is 14.5. The number of nitrogens with two attached hydrogens (primary N) is 5. The zero-order chi connectivity index (χ0) is 73.2. The number of aliphatic hydroxyl groups excluding tert-OH is 2. The largest absolute Gasteiger partial charge is 0.472 e. The van der Waals surface area contributed by atoms with E-state index in [2.05, 4.69) is 26.3 Å². The lowest BCUT2D eigenvalue weighted by atomic mass is 9.55. The van der Waals surface area contributed by atoms with Crippen LogP contribution in [0.15, 0.2) is 67.8 Å². The van der Waals surface area contributed by atoms with Crippen molar-refractivity contribution < 1.29 is 71.8 Å². The van der Waals surface area contributed by atoms with Crippen molar-refractivity contribution in [2.75, 3.05) is 30.7 Å². The number of benzene rings is 1. The van der Waals surface area contributed by atoms with Crippen LogP contribution in [0.4, 0.5) is 0 Å². The van der Waals surface area contributed by atoms with Crippen molar-refractivity contribution in [2.24, 2.45) is 89.0 Å². The minimum atomic E-state index is -5.09. The molecule has 99 heavy (non-hydrogen) atoms. The Balaban J connectivity index is 1.19. The molecule has 0 radical (unpaired) electrons. The molecule has 15 atom stereocenters. The summed E-state index contributed by atoms with van der Waals surface area (Å²) in [6.45, 7) is 20.1. The number of aryl methyl sites for hydroxylation is 2. The van der Waals surface area contributed by atoms with Gasteiger partial charge >= 0.3 is 7.82 Å². The Morgan fingerprint density at radius 1 is 0.778 bits per heavy atom. The van der Waals surface area contributed by atoms with E-state index in [0.29, 0.717) is 86.8 Å². The monoisotopic (exact) mass is 1510 g/mol. The fourth-order valence-electron chi connectivity index (χ4n) is 16.3. The Morgan fingerprint density at radius 2 is 1.38 bits per heavy atom. The molecule has 8 bridgehead atoms. The Kier molecular flexibility index (Phi) is 24.2. The van der Waals surface area contributed by atoms with Gasteiger partial charge in [-0.15, -0.1) is 0 Å². The van der Waals surface area contributed by atoms with Gasteiger partial charge in [-0.05, 0) is 121 Å². The van der Waals surface area contributed by atoms with E-state index in [0.717, 1.165) is 11.1 Å². The van der Waals surface area contributed by atoms with E-state index in [1.54, 1.807) is 4.57 Å². The number of phosphoric ester groups is 1. The van der Waals surface area contributed by atoms with Crippen LogP contribution < -0.4 is 49.9 Å². The summed E-state index contributed by atoms with van der Waals surface area (Å²) in [6, 6.07) is 2.68. The first kappa shape index (κ1) is 77.9. The predicted molar refractivity (Wildman–Crippen MR) is 379 cm³/mol. The average Bonchev–Trinajstić information content (AvgIpc) is 1.53. The number of halogens is 1. The summed E-state index contributed by atoms with van der Waals surface area (Å²) in [7, 11) is -5.09. The number of carbonyl (C=O) groups excluding carboxylic acids is 8. The number of rotatable bonds is 32. The maximum Gasteiger partial charge on any atom is 0.472 e. The van der Waals surface area contributed by atoms with Gasteiger partial charge in [0.15, 0.2) is 6.23 Å². The van der Waals surface area contributed by atoms with Crippen LogP contribution in [0.25, 0.3) is 11.0 Å². The molecule has 0 saturated carbocycles. The molecule has 31 heteroatoms. The summed E-state index contributed by atoms with van der Waals surface area (Å²) >= 11 is 1.98. The molecule has 6 aliphatic rings. The number of allylic oxidation sites excluding steroid dienone is 6. The first-order valence-electron chi connectivity index (χ1n) is 33.8. The number of aliphatic imine (C=N–C) groups is 3. The fraction of sp³-hybridized carbons (Fsp3) is 0.647. The highest BCUT2D eigenvalue weighted by molar-refractivity contribution is 14.1. The minimum Gasteiger partial charge on any atom is -0.394 e. The van der Waals surface area contributed by atoms with Crippen LogP contribution in [-0.4, -0.2) is 156 Å². The van der Waals surface area contributed by atoms with E-state index in [4.69, 9.17) is 57.4 Å². The average molecular weight is 1510 g/mol. The fourth-order valence-corrected chi connectivity index (χ4v) is 17.7. The number of nitrogens with zero attached hydrogens (tertiary/aromatic N) is 5. The number of unbranched alkanes of at least 4 members (excludes halogenated alkanes) is 1. The minimum absolute atomic E-state index is 0.0222. The first-order chi connectivity index (χ1) is 46.3. The molecule has 2 saturated heterocycles. The number of fused-ring (bicyclic) bond motifs is 7. The second kappa shape index (κ2) is 30.8. The van der Waals surface area contributed by atoms with Gasteiger partial charge in [0.2, 0.25) is 47.3 Å². The molecular formula is C68H100IN14O15P. The molecule has 0 aliphatic carbocycles. The second-order valence-electron chi connectivity index (χ2n) is 29.2. The summed E-state index contributed by atoms with van der Waals surface area (Å²) in [5.74, 6) is -7.04. The number of carbonyl (C=O) groups is 8. The number of phosphoric acid groups is 1. The number of hydrogen-bond donors (Lipinski definition) is 12. The van der Waals surface area contributed by atoms with Crippen LogP contribution in [0.1, 0.15) is 163 Å². The molecular weight excluding hydrogens is 1410 g/mol. The zero-order valence-corrected chi connectivity index (χ0v) is 61.6. The zero-order valence-electron chi connectivity index (χ0n) is 58.5. The number of primary amides is 5. The third-order valence-corrected chi connectivity index (χ3v) is 23.8. The van der Waals surface area contributed by atoms with Gasteiger partial charge in [0.1, 0.15) is 18.3 Å². The van der Waals surface area contributed by atoms with Crippen LogP contribution in [0.2, 0.25) is 0 Å². The quantitative estimate of drug-likeness (QED) is 0.0212. The Morgan fingerprint density at radius 3 is 1.99 bits per heavy atom. The Labute approximate surface area is 590 Å². The number of nitrogens with one attached hydrogen (secondary N) is 4. The molecule has 544 valence electrons. The molecule has 1 aromatic heterocycles. The van der Waals surface area contributed by atoms with Crippen LogP contribution in [0.5, 0.6) is 0 Å². The Bertz CT molecular complexity index is 3790. The molecule has 2 fully saturated rings. The van der Waals surface area contributed by atoms with E-state index < -0.39 is 137 Å². The summed E-state index contributed by atoms with van der Waals surface area (Å²) in [5.41, 5.74) is 31.7. The number of hydrogen-bond acceptors (Lipinski definition) is 19. The number of amides is 8. The van der Waals surface area contributed by atoms with Crippen molar-refractivity contribution in [3.8, 4) is 0 Å². The maximum atomic E-state index is 14.5. The van der Waals surface area contributed by atoms with Gasteiger partial charge in [-0.2, -0.15) is 0 Å². The van der Waals surface area contributed by atoms with Crippen molar-refractivity contribution in [3.63, 3.8) is 0 Å². The lowest BCUT2D eigenvalue weighted by molar-refractivity contribution is -0.124. The van der Waals surface area contributed by atoms with Crippen molar-refractivity contribution in [2.45, 2.75) is 202 Å². The number of ether oxygens (including phenoxy) is 1. The smallest absolute Gasteiger partial charge is 0.394 e. The summed E-state index contributed by atoms with van der Waals surface area (Å²) in [6.07, 6.45) is -3.09. The van der Waals surface area contributed by atoms with Crippen LogP contribution >= 0.6 is 30.4 Å². The Hall–Kier alpha value is -6.80.